The van der Waals surface area contributed by atoms with Crippen LogP contribution in [0.4, 0.5) is 13.2 Å². The number of rotatable bonds is 5. The summed E-state index contributed by atoms with van der Waals surface area (Å²) < 4.78 is 50.2. The molecule has 162 valence electrons. The van der Waals surface area contributed by atoms with Crippen LogP contribution in [0.1, 0.15) is 60.8 Å². The van der Waals surface area contributed by atoms with Crippen LogP contribution in [0.5, 0.6) is 0 Å². The van der Waals surface area contributed by atoms with Crippen LogP contribution in [0.3, 0.4) is 0 Å². The fourth-order valence-corrected chi connectivity index (χ4v) is 5.21. The van der Waals surface area contributed by atoms with Gasteiger partial charge in [0, 0.05) is 17.3 Å². The van der Waals surface area contributed by atoms with Gasteiger partial charge in [-0.2, -0.15) is 0 Å². The summed E-state index contributed by atoms with van der Waals surface area (Å²) >= 11 is 0. The molecule has 0 atom stereocenters. The number of fused-ring (bicyclic) bond motifs is 1. The molecule has 4 aliphatic rings. The first kappa shape index (κ1) is 18.8. The van der Waals surface area contributed by atoms with Crippen LogP contribution in [0.15, 0.2) is 35.1 Å². The predicted molar refractivity (Wildman–Crippen MR) is 97.9 cm³/mol. The molecule has 0 aromatic carbocycles. The zero-order chi connectivity index (χ0) is 21.5. The molecule has 3 heterocycles. The van der Waals surface area contributed by atoms with Gasteiger partial charge >= 0.3 is 6.36 Å². The number of carbonyl (C=O) groups excluding carboxylic acids is 1. The normalized spacial score (nSPS) is 28.5. The number of nitrogens with one attached hydrogen (secondary N) is 1. The largest absolute Gasteiger partial charge is 0.523 e. The van der Waals surface area contributed by atoms with Crippen molar-refractivity contribution in [3.63, 3.8) is 0 Å². The number of aromatic nitrogens is 4. The Balaban J connectivity index is 1.14. The van der Waals surface area contributed by atoms with Gasteiger partial charge in [0.1, 0.15) is 5.69 Å². The lowest BCUT2D eigenvalue weighted by Gasteiger charge is -2.68. The summed E-state index contributed by atoms with van der Waals surface area (Å²) in [6.07, 6.45) is 1.48. The van der Waals surface area contributed by atoms with Crippen LogP contribution in [-0.2, 0) is 15.8 Å². The number of alkyl halides is 3. The van der Waals surface area contributed by atoms with Crippen molar-refractivity contribution >= 4 is 11.4 Å². The Bertz CT molecular complexity index is 1180. The van der Waals surface area contributed by atoms with E-state index in [9.17, 15) is 18.0 Å². The molecule has 0 unspecified atom stereocenters. The third kappa shape index (κ3) is 2.79. The molecular formula is C20H18F3N5O3. The van der Waals surface area contributed by atoms with Gasteiger partial charge in [0.2, 0.25) is 11.8 Å². The van der Waals surface area contributed by atoms with E-state index in [1.165, 1.54) is 0 Å². The highest BCUT2D eigenvalue weighted by molar-refractivity contribution is 5.94. The summed E-state index contributed by atoms with van der Waals surface area (Å²) in [4.78, 5) is 16.8. The average Bonchev–Trinajstić information content (AvgIpc) is 3.27. The molecule has 8 nitrogen and oxygen atoms in total. The molecule has 4 saturated carbocycles. The first-order valence-corrected chi connectivity index (χ1v) is 10.1. The fraction of sp³-hybridized carbons (Fsp3) is 0.500. The molecule has 7 rings (SSSR count). The van der Waals surface area contributed by atoms with E-state index in [1.807, 2.05) is 22.7 Å². The molecule has 1 amide bonds. The Morgan fingerprint density at radius 1 is 1.19 bits per heavy atom. The molecule has 2 bridgehead atoms. The molecule has 3 aromatic heterocycles. The molecular weight excluding hydrogens is 415 g/mol. The minimum absolute atomic E-state index is 0.112. The third-order valence-corrected chi connectivity index (χ3v) is 6.80. The number of halogens is 3. The highest BCUT2D eigenvalue weighted by atomic mass is 19.4. The van der Waals surface area contributed by atoms with Crippen molar-refractivity contribution < 1.29 is 27.1 Å². The molecule has 4 fully saturated rings. The highest BCUT2D eigenvalue weighted by Crippen LogP contribution is 2.67. The molecule has 0 spiro atoms. The van der Waals surface area contributed by atoms with Crippen molar-refractivity contribution in [2.24, 2.45) is 0 Å². The van der Waals surface area contributed by atoms with Crippen LogP contribution in [0, 0.1) is 0 Å². The quantitative estimate of drug-likeness (QED) is 0.664. The number of hydrogen-bond donors (Lipinski definition) is 1. The van der Waals surface area contributed by atoms with Gasteiger partial charge in [-0.1, -0.05) is 0 Å². The smallest absolute Gasteiger partial charge is 0.421 e. The van der Waals surface area contributed by atoms with Gasteiger partial charge in [-0.25, -0.2) is 4.98 Å². The van der Waals surface area contributed by atoms with E-state index < -0.39 is 12.0 Å². The van der Waals surface area contributed by atoms with Gasteiger partial charge in [-0.3, -0.25) is 9.53 Å². The lowest BCUT2D eigenvalue weighted by atomic mass is 9.39. The maximum atomic E-state index is 12.8. The van der Waals surface area contributed by atoms with Crippen molar-refractivity contribution in [3.8, 4) is 0 Å². The molecule has 11 heteroatoms. The molecule has 0 radical (unpaired) electrons. The summed E-state index contributed by atoms with van der Waals surface area (Å²) in [6.45, 7) is 0. The summed E-state index contributed by atoms with van der Waals surface area (Å²) in [6, 6.07) is 5.48. The van der Waals surface area contributed by atoms with Crippen LogP contribution < -0.4 is 5.32 Å². The first-order chi connectivity index (χ1) is 14.7. The Morgan fingerprint density at radius 3 is 2.61 bits per heavy atom. The van der Waals surface area contributed by atoms with Gasteiger partial charge in [0.15, 0.2) is 5.60 Å². The van der Waals surface area contributed by atoms with Gasteiger partial charge in [0.05, 0.1) is 11.7 Å². The number of carbonyl (C=O) groups is 1. The fourth-order valence-electron chi connectivity index (χ4n) is 5.21. The van der Waals surface area contributed by atoms with Gasteiger partial charge in [-0.15, -0.1) is 23.4 Å². The van der Waals surface area contributed by atoms with Crippen LogP contribution in [0.2, 0.25) is 0 Å². The van der Waals surface area contributed by atoms with E-state index in [4.69, 9.17) is 4.42 Å². The van der Waals surface area contributed by atoms with E-state index in [2.05, 4.69) is 25.2 Å². The third-order valence-electron chi connectivity index (χ3n) is 6.80. The monoisotopic (exact) mass is 433 g/mol. The van der Waals surface area contributed by atoms with E-state index in [-0.39, 0.29) is 35.6 Å². The van der Waals surface area contributed by atoms with Crippen molar-refractivity contribution in [2.45, 2.75) is 61.4 Å². The second-order valence-corrected chi connectivity index (χ2v) is 8.97. The Labute approximate surface area is 173 Å². The summed E-state index contributed by atoms with van der Waals surface area (Å²) in [7, 11) is 0. The zero-order valence-corrected chi connectivity index (χ0v) is 16.3. The second kappa shape index (κ2) is 5.84. The van der Waals surface area contributed by atoms with E-state index in [0.29, 0.717) is 37.3 Å². The predicted octanol–water partition coefficient (Wildman–Crippen LogP) is 3.24. The van der Waals surface area contributed by atoms with Crippen molar-refractivity contribution in [1.82, 2.24) is 24.9 Å². The van der Waals surface area contributed by atoms with Crippen molar-refractivity contribution in [1.29, 1.82) is 0 Å². The highest BCUT2D eigenvalue weighted by Gasteiger charge is 2.72. The summed E-state index contributed by atoms with van der Waals surface area (Å²) in [5, 5.41) is 11.0. The first-order valence-electron chi connectivity index (χ1n) is 10.1. The molecule has 0 saturated heterocycles. The minimum atomic E-state index is -4.77. The second-order valence-electron chi connectivity index (χ2n) is 8.97. The maximum absolute atomic E-state index is 12.8. The summed E-state index contributed by atoms with van der Waals surface area (Å²) in [5.41, 5.74) is -1.11. The van der Waals surface area contributed by atoms with Gasteiger partial charge in [0.25, 0.3) is 5.91 Å². The maximum Gasteiger partial charge on any atom is 0.523 e. The Hall–Kier alpha value is -2.95. The standard InChI is InChI=1S/C20H18F3N5O3/c21-20(22,23)31-19(4-2-5-19)16-27-26-15(30-16)17-8-18(9-17,10-17)25-14(29)13-7-12-3-1-6-28(12)11-24-13/h1,3,6-7,11H,2,4-5,8-10H2,(H,25,29). The van der Waals surface area contributed by atoms with Crippen molar-refractivity contribution in [3.05, 3.63) is 48.2 Å². The van der Waals surface area contributed by atoms with E-state index in [1.54, 1.807) is 12.4 Å². The van der Waals surface area contributed by atoms with Gasteiger partial charge in [-0.05, 0) is 56.7 Å². The summed E-state index contributed by atoms with van der Waals surface area (Å²) in [5.74, 6) is -0.0443. The average molecular weight is 433 g/mol. The minimum Gasteiger partial charge on any atom is -0.421 e. The van der Waals surface area contributed by atoms with Crippen molar-refractivity contribution in [2.75, 3.05) is 0 Å². The number of ether oxygens (including phenoxy) is 1. The molecule has 3 aromatic rings. The SMILES string of the molecule is O=C(NC12CC(c3nnc(C4(OC(F)(F)F)CCC4)o3)(C1)C2)c1cc2cccn2cn1. The van der Waals surface area contributed by atoms with Gasteiger partial charge < -0.3 is 14.1 Å². The Morgan fingerprint density at radius 2 is 1.94 bits per heavy atom. The molecule has 0 aliphatic heterocycles. The topological polar surface area (TPSA) is 94.5 Å². The lowest BCUT2D eigenvalue weighted by Crippen LogP contribution is -2.76. The van der Waals surface area contributed by atoms with E-state index >= 15 is 0 Å². The van der Waals surface area contributed by atoms with Crippen LogP contribution >= 0.6 is 0 Å². The number of hydrogen-bond acceptors (Lipinski definition) is 6. The number of nitrogens with zero attached hydrogens (tertiary/aromatic N) is 4. The molecule has 31 heavy (non-hydrogen) atoms. The van der Waals surface area contributed by atoms with E-state index in [0.717, 1.165) is 5.52 Å². The lowest BCUT2D eigenvalue weighted by molar-refractivity contribution is -0.387. The van der Waals surface area contributed by atoms with Crippen LogP contribution in [-0.4, -0.2) is 37.4 Å². The zero-order valence-electron chi connectivity index (χ0n) is 16.3. The molecule has 1 N–H and O–H groups in total. The number of amides is 1. The molecule has 4 aliphatic carbocycles. The van der Waals surface area contributed by atoms with Crippen LogP contribution in [0.25, 0.3) is 5.52 Å². The Kier molecular flexibility index (Phi) is 3.54.